The summed E-state index contributed by atoms with van der Waals surface area (Å²) < 4.78 is 0. The van der Waals surface area contributed by atoms with Gasteiger partial charge in [0, 0.05) is 19.1 Å². The molecule has 0 unspecified atom stereocenters. The lowest BCUT2D eigenvalue weighted by Gasteiger charge is -2.25. The van der Waals surface area contributed by atoms with Crippen LogP contribution in [0.2, 0.25) is 0 Å². The third-order valence-electron chi connectivity index (χ3n) is 4.75. The molecule has 1 fully saturated rings. The van der Waals surface area contributed by atoms with Gasteiger partial charge in [-0.15, -0.1) is 0 Å². The molecule has 5 nitrogen and oxygen atoms in total. The van der Waals surface area contributed by atoms with Crippen LogP contribution in [0.1, 0.15) is 37.7 Å². The first-order valence-corrected chi connectivity index (χ1v) is 8.78. The molecule has 3 amide bonds. The molecule has 0 aromatic heterocycles. The average molecular weight is 327 g/mol. The summed E-state index contributed by atoms with van der Waals surface area (Å²) >= 11 is 0. The highest BCUT2D eigenvalue weighted by atomic mass is 16.2. The standard InChI is InChI=1S/C19H25N3O2/c23-18(21-19(24)20-17-8-4-5-9-17)14-22-12-10-16(11-13-22)15-6-2-1-3-7-15/h1-3,6-7,10,17H,4-5,8-9,11-14H2,(H2,20,21,23,24). The third kappa shape index (κ3) is 4.68. The molecule has 3 rings (SSSR count). The maximum absolute atomic E-state index is 12.0. The Morgan fingerprint density at radius 1 is 1.12 bits per heavy atom. The number of imide groups is 1. The van der Waals surface area contributed by atoms with Gasteiger partial charge in [-0.2, -0.15) is 0 Å². The van der Waals surface area contributed by atoms with E-state index < -0.39 is 0 Å². The van der Waals surface area contributed by atoms with Gasteiger partial charge in [0.2, 0.25) is 5.91 Å². The van der Waals surface area contributed by atoms with Crippen molar-refractivity contribution in [2.24, 2.45) is 0 Å². The number of rotatable bonds is 4. The van der Waals surface area contributed by atoms with Crippen LogP contribution in [0.15, 0.2) is 36.4 Å². The highest BCUT2D eigenvalue weighted by Gasteiger charge is 2.20. The van der Waals surface area contributed by atoms with Gasteiger partial charge < -0.3 is 5.32 Å². The summed E-state index contributed by atoms with van der Waals surface area (Å²) in [5.41, 5.74) is 2.57. The smallest absolute Gasteiger partial charge is 0.321 e. The molecular formula is C19H25N3O2. The zero-order valence-electron chi connectivity index (χ0n) is 14.0. The topological polar surface area (TPSA) is 61.4 Å². The van der Waals surface area contributed by atoms with Crippen molar-refractivity contribution in [1.82, 2.24) is 15.5 Å². The summed E-state index contributed by atoms with van der Waals surface area (Å²) in [6.45, 7) is 1.83. The van der Waals surface area contributed by atoms with E-state index in [1.807, 2.05) is 18.2 Å². The van der Waals surface area contributed by atoms with Crippen LogP contribution in [-0.2, 0) is 4.79 Å². The van der Waals surface area contributed by atoms with Crippen LogP contribution < -0.4 is 10.6 Å². The second-order valence-corrected chi connectivity index (χ2v) is 6.58. The number of carbonyl (C=O) groups is 2. The minimum atomic E-state index is -0.357. The molecule has 1 saturated carbocycles. The van der Waals surface area contributed by atoms with Gasteiger partial charge in [0.15, 0.2) is 0 Å². The number of hydrogen-bond donors (Lipinski definition) is 2. The number of urea groups is 1. The molecule has 2 N–H and O–H groups in total. The Bertz CT molecular complexity index is 606. The number of nitrogens with zero attached hydrogens (tertiary/aromatic N) is 1. The fourth-order valence-electron chi connectivity index (χ4n) is 3.43. The third-order valence-corrected chi connectivity index (χ3v) is 4.75. The van der Waals surface area contributed by atoms with Gasteiger partial charge in [-0.3, -0.25) is 15.0 Å². The van der Waals surface area contributed by atoms with E-state index in [0.717, 1.165) is 45.2 Å². The molecule has 1 aliphatic heterocycles. The van der Waals surface area contributed by atoms with Crippen molar-refractivity contribution in [1.29, 1.82) is 0 Å². The fraction of sp³-hybridized carbons (Fsp3) is 0.474. The number of benzene rings is 1. The Morgan fingerprint density at radius 2 is 1.88 bits per heavy atom. The number of hydrogen-bond acceptors (Lipinski definition) is 3. The van der Waals surface area contributed by atoms with Crippen LogP contribution in [0, 0.1) is 0 Å². The maximum Gasteiger partial charge on any atom is 0.321 e. The van der Waals surface area contributed by atoms with Crippen molar-refractivity contribution in [3.8, 4) is 0 Å². The van der Waals surface area contributed by atoms with Crippen LogP contribution in [0.3, 0.4) is 0 Å². The molecule has 2 aliphatic rings. The van der Waals surface area contributed by atoms with E-state index in [1.54, 1.807) is 0 Å². The van der Waals surface area contributed by atoms with E-state index in [-0.39, 0.29) is 24.5 Å². The highest BCUT2D eigenvalue weighted by Crippen LogP contribution is 2.21. The Balaban J connectivity index is 1.42. The van der Waals surface area contributed by atoms with Gasteiger partial charge in [0.1, 0.15) is 0 Å². The van der Waals surface area contributed by atoms with E-state index in [9.17, 15) is 9.59 Å². The van der Waals surface area contributed by atoms with Gasteiger partial charge in [0.05, 0.1) is 6.54 Å². The van der Waals surface area contributed by atoms with Crippen molar-refractivity contribution in [3.63, 3.8) is 0 Å². The molecule has 24 heavy (non-hydrogen) atoms. The van der Waals surface area contributed by atoms with Gasteiger partial charge in [-0.05, 0) is 30.4 Å². The quantitative estimate of drug-likeness (QED) is 0.893. The second kappa shape index (κ2) is 8.11. The Hall–Kier alpha value is -2.14. The lowest BCUT2D eigenvalue weighted by Crippen LogP contribution is -2.47. The van der Waals surface area contributed by atoms with E-state index >= 15 is 0 Å². The molecule has 1 aliphatic carbocycles. The van der Waals surface area contributed by atoms with Crippen molar-refractivity contribution in [3.05, 3.63) is 42.0 Å². The normalized spacial score (nSPS) is 18.9. The lowest BCUT2D eigenvalue weighted by atomic mass is 10.00. The summed E-state index contributed by atoms with van der Waals surface area (Å²) in [6, 6.07) is 10.2. The maximum atomic E-state index is 12.0. The van der Waals surface area contributed by atoms with Gasteiger partial charge >= 0.3 is 6.03 Å². The molecule has 1 aromatic carbocycles. The average Bonchev–Trinajstić information content (AvgIpc) is 3.09. The van der Waals surface area contributed by atoms with Gasteiger partial charge in [-0.1, -0.05) is 49.2 Å². The SMILES string of the molecule is O=C(CN1CC=C(c2ccccc2)CC1)NC(=O)NC1CCCC1. The molecule has 0 saturated heterocycles. The zero-order valence-corrected chi connectivity index (χ0v) is 14.0. The van der Waals surface area contributed by atoms with E-state index in [0.29, 0.717) is 0 Å². The van der Waals surface area contributed by atoms with Crippen molar-refractivity contribution in [2.45, 2.75) is 38.1 Å². The van der Waals surface area contributed by atoms with Crippen LogP contribution in [-0.4, -0.2) is 42.5 Å². The van der Waals surface area contributed by atoms with Gasteiger partial charge in [-0.25, -0.2) is 4.79 Å². The molecule has 0 bridgehead atoms. The molecule has 0 radical (unpaired) electrons. The van der Waals surface area contributed by atoms with Crippen LogP contribution in [0.5, 0.6) is 0 Å². The van der Waals surface area contributed by atoms with E-state index in [1.165, 1.54) is 11.1 Å². The van der Waals surface area contributed by atoms with Crippen molar-refractivity contribution < 1.29 is 9.59 Å². The van der Waals surface area contributed by atoms with E-state index in [2.05, 4.69) is 33.7 Å². The van der Waals surface area contributed by atoms with Gasteiger partial charge in [0.25, 0.3) is 0 Å². The first-order valence-electron chi connectivity index (χ1n) is 8.78. The number of amides is 3. The number of carbonyl (C=O) groups excluding carboxylic acids is 2. The summed E-state index contributed by atoms with van der Waals surface area (Å²) in [7, 11) is 0. The Morgan fingerprint density at radius 3 is 2.54 bits per heavy atom. The van der Waals surface area contributed by atoms with Crippen molar-refractivity contribution in [2.75, 3.05) is 19.6 Å². The predicted octanol–water partition coefficient (Wildman–Crippen LogP) is 2.54. The highest BCUT2D eigenvalue weighted by molar-refractivity contribution is 5.95. The van der Waals surface area contributed by atoms with Crippen LogP contribution in [0.4, 0.5) is 4.79 Å². The summed E-state index contributed by atoms with van der Waals surface area (Å²) in [6.07, 6.45) is 7.43. The molecule has 128 valence electrons. The molecule has 5 heteroatoms. The lowest BCUT2D eigenvalue weighted by molar-refractivity contribution is -0.121. The summed E-state index contributed by atoms with van der Waals surface area (Å²) in [5, 5.41) is 5.32. The minimum Gasteiger partial charge on any atom is -0.335 e. The molecular weight excluding hydrogens is 302 g/mol. The minimum absolute atomic E-state index is 0.226. The predicted molar refractivity (Wildman–Crippen MR) is 94.4 cm³/mol. The Kier molecular flexibility index (Phi) is 5.64. The molecule has 0 atom stereocenters. The first-order chi connectivity index (χ1) is 11.7. The van der Waals surface area contributed by atoms with Crippen LogP contribution >= 0.6 is 0 Å². The monoisotopic (exact) mass is 327 g/mol. The molecule has 1 aromatic rings. The zero-order chi connectivity index (χ0) is 16.8. The largest absolute Gasteiger partial charge is 0.335 e. The Labute approximate surface area is 143 Å². The van der Waals surface area contributed by atoms with Crippen molar-refractivity contribution >= 4 is 17.5 Å². The van der Waals surface area contributed by atoms with Crippen LogP contribution in [0.25, 0.3) is 5.57 Å². The summed E-state index contributed by atoms with van der Waals surface area (Å²) in [5.74, 6) is -0.234. The molecule has 1 heterocycles. The number of nitrogens with one attached hydrogen (secondary N) is 2. The first kappa shape index (κ1) is 16.7. The summed E-state index contributed by atoms with van der Waals surface area (Å²) in [4.78, 5) is 25.9. The fourth-order valence-corrected chi connectivity index (χ4v) is 3.43. The van der Waals surface area contributed by atoms with E-state index in [4.69, 9.17) is 0 Å². The molecule has 0 spiro atoms. The second-order valence-electron chi connectivity index (χ2n) is 6.58.